The summed E-state index contributed by atoms with van der Waals surface area (Å²) in [5, 5.41) is 13.7. The third-order valence-electron chi connectivity index (χ3n) is 28.4. The predicted molar refractivity (Wildman–Crippen MR) is 610 cm³/mol. The van der Waals surface area contributed by atoms with Gasteiger partial charge in [-0.3, -0.25) is 4.57 Å². The molecule has 0 fully saturated rings. The highest BCUT2D eigenvalue weighted by Crippen LogP contribution is 2.46. The van der Waals surface area contributed by atoms with Gasteiger partial charge < -0.3 is 22.4 Å². The summed E-state index contributed by atoms with van der Waals surface area (Å²) in [6.07, 6.45) is 0. The molecule has 0 N–H and O–H groups in total. The summed E-state index contributed by atoms with van der Waals surface area (Å²) in [7, 11) is 0. The molecule has 0 unspecified atom stereocenters. The number of nitrogens with zero attached hydrogens (tertiary/aromatic N) is 12. The van der Waals surface area contributed by atoms with Crippen LogP contribution < -0.4 is 0 Å². The molecule has 150 heavy (non-hydrogen) atoms. The normalized spacial score (nSPS) is 11.6. The Morgan fingerprint density at radius 1 is 0.127 bits per heavy atom. The minimum atomic E-state index is 0.584. The molecule has 0 radical (unpaired) electrons. The molecular formula is C135H84N12O3. The molecule has 21 aromatic carbocycles. The van der Waals surface area contributed by atoms with Gasteiger partial charge in [0.05, 0.1) is 44.5 Å². The molecule has 30 rings (SSSR count). The topological polar surface area (TPSA) is 170 Å². The van der Waals surface area contributed by atoms with Crippen molar-refractivity contribution in [1.82, 2.24) is 58.6 Å². The van der Waals surface area contributed by atoms with Crippen LogP contribution in [0, 0.1) is 0 Å². The standard InChI is InChI=1S/C51H32N4O.C45H28N4O.C39H24N4O/c1-3-14-33(15-4-1)35-18-13-19-38(30-35)50-52-49(34-16-5-2-6-17-34)53-51(54-50)42-22-8-11-24-45(42)55-44-23-10-7-20-39(44)43-31-36(27-29-46(43)55)37-26-28-41-40-21-9-12-25-47(40)56-48(41)32-37;1-3-13-29(14-4-1)43-46-44(30-15-5-2-6-16-30)48-45(47-43)36-19-8-11-21-39(36)49-38-20-10-7-17-33(38)37-27-31(24-26-40(37)49)32-23-25-35-34-18-9-12-22-41(34)50-42(35)28-32;1-3-11-25(12-4-1)37-40-38(26-13-5-2-6-14-26)42-39(41-37)43-33-17-9-7-15-29(33)32-23-27(20-22-34(32)43)28-19-21-31-30-16-8-10-18-35(30)44-36(31)24-28/h1-32H;1-28H;1-24H. The summed E-state index contributed by atoms with van der Waals surface area (Å²) in [5.74, 6) is 5.60. The second-order valence-corrected chi connectivity index (χ2v) is 37.4. The van der Waals surface area contributed by atoms with Gasteiger partial charge in [-0.15, -0.1) is 0 Å². The summed E-state index contributed by atoms with van der Waals surface area (Å²) < 4.78 is 25.5. The van der Waals surface area contributed by atoms with Crippen LogP contribution in [-0.2, 0) is 0 Å². The Morgan fingerprint density at radius 3 is 0.720 bits per heavy atom. The molecule has 0 atom stereocenters. The lowest BCUT2D eigenvalue weighted by Crippen LogP contribution is -2.06. The summed E-state index contributed by atoms with van der Waals surface area (Å²) in [5.41, 5.74) is 30.3. The third kappa shape index (κ3) is 15.8. The highest BCUT2D eigenvalue weighted by molar-refractivity contribution is 6.16. The van der Waals surface area contributed by atoms with E-state index in [9.17, 15) is 0 Å². The zero-order valence-corrected chi connectivity index (χ0v) is 80.6. The molecule has 0 saturated carbocycles. The third-order valence-corrected chi connectivity index (χ3v) is 28.4. The van der Waals surface area contributed by atoms with Crippen molar-refractivity contribution in [3.63, 3.8) is 0 Å². The first-order valence-electron chi connectivity index (χ1n) is 50.1. The van der Waals surface area contributed by atoms with Crippen molar-refractivity contribution < 1.29 is 13.3 Å². The van der Waals surface area contributed by atoms with Crippen molar-refractivity contribution in [2.45, 2.75) is 0 Å². The van der Waals surface area contributed by atoms with Crippen LogP contribution in [0.3, 0.4) is 0 Å². The maximum absolute atomic E-state index is 6.27. The van der Waals surface area contributed by atoms with Gasteiger partial charge in [0, 0.05) is 109 Å². The lowest BCUT2D eigenvalue weighted by atomic mass is 10.0. The minimum Gasteiger partial charge on any atom is -0.456 e. The van der Waals surface area contributed by atoms with Crippen LogP contribution in [-0.4, -0.2) is 58.6 Å². The molecule has 15 heteroatoms. The van der Waals surface area contributed by atoms with E-state index in [0.717, 1.165) is 215 Å². The Balaban J connectivity index is 0.000000109. The minimum absolute atomic E-state index is 0.584. The number of fused-ring (bicyclic) bond motifs is 18. The maximum atomic E-state index is 6.27. The van der Waals surface area contributed by atoms with E-state index in [-0.39, 0.29) is 0 Å². The summed E-state index contributed by atoms with van der Waals surface area (Å²) >= 11 is 0. The average Bonchev–Trinajstić information content (AvgIpc) is 1.58. The number of hydrogen-bond acceptors (Lipinski definition) is 12. The maximum Gasteiger partial charge on any atom is 0.238 e. The first-order chi connectivity index (χ1) is 74.3. The van der Waals surface area contributed by atoms with Crippen LogP contribution in [0.15, 0.2) is 523 Å². The lowest BCUT2D eigenvalue weighted by molar-refractivity contribution is 0.668. The van der Waals surface area contributed by atoms with Gasteiger partial charge in [0.2, 0.25) is 5.95 Å². The number of benzene rings is 21. The SMILES string of the molecule is c1ccc(-c2cccc(-c3nc(-c4ccccc4)nc(-c4ccccc4-n4c5ccccc5c5cc(-c6ccc7c(c6)oc6ccccc67)ccc54)n3)c2)cc1.c1ccc(-c2nc(-c3ccccc3)nc(-c3ccccc3-n3c4ccccc4c4cc(-c5ccc6c(c5)oc5ccccc56)ccc43)n2)cc1.c1ccc(-c2nc(-c3ccccc3)nc(-n3c4ccccc4c4cc(-c5ccc6c(c5)oc5ccccc56)ccc43)n2)cc1. The van der Waals surface area contributed by atoms with Gasteiger partial charge in [-0.2, -0.15) is 9.97 Å². The molecule has 9 heterocycles. The van der Waals surface area contributed by atoms with Gasteiger partial charge in [-0.05, 0) is 184 Å². The molecule has 30 aromatic rings. The van der Waals surface area contributed by atoms with Gasteiger partial charge in [0.15, 0.2) is 46.6 Å². The Labute approximate surface area is 859 Å². The molecule has 0 bridgehead atoms. The van der Waals surface area contributed by atoms with E-state index >= 15 is 0 Å². The van der Waals surface area contributed by atoms with Crippen LogP contribution in [0.5, 0.6) is 0 Å². The van der Waals surface area contributed by atoms with Crippen LogP contribution >= 0.6 is 0 Å². The molecule has 0 aliphatic heterocycles. The van der Waals surface area contributed by atoms with Gasteiger partial charge in [0.1, 0.15) is 33.5 Å². The Kier molecular flexibility index (Phi) is 21.5. The second kappa shape index (κ2) is 37.0. The smallest absolute Gasteiger partial charge is 0.238 e. The Hall–Kier alpha value is -20.6. The molecule has 15 nitrogen and oxygen atoms in total. The monoisotopic (exact) mass is 1920 g/mol. The van der Waals surface area contributed by atoms with Crippen LogP contribution in [0.4, 0.5) is 0 Å². The first kappa shape index (κ1) is 87.3. The van der Waals surface area contributed by atoms with Crippen molar-refractivity contribution in [1.29, 1.82) is 0 Å². The highest BCUT2D eigenvalue weighted by Gasteiger charge is 2.27. The molecular weight excluding hydrogens is 1840 g/mol. The van der Waals surface area contributed by atoms with E-state index in [1.54, 1.807) is 0 Å². The fraction of sp³-hybridized carbons (Fsp3) is 0. The number of aromatic nitrogens is 12. The number of rotatable bonds is 15. The van der Waals surface area contributed by atoms with E-state index in [2.05, 4.69) is 317 Å². The van der Waals surface area contributed by atoms with Crippen LogP contribution in [0.1, 0.15) is 0 Å². The molecule has 0 saturated heterocycles. The van der Waals surface area contributed by atoms with E-state index in [0.29, 0.717) is 52.5 Å². The van der Waals surface area contributed by atoms with E-state index in [1.165, 1.54) is 16.2 Å². The fourth-order valence-electron chi connectivity index (χ4n) is 21.3. The van der Waals surface area contributed by atoms with Crippen molar-refractivity contribution in [2.75, 3.05) is 0 Å². The predicted octanol–water partition coefficient (Wildman–Crippen LogP) is 34.6. The molecule has 0 amide bonds. The number of para-hydroxylation sites is 8. The number of furan rings is 3. The molecule has 0 aliphatic rings. The van der Waals surface area contributed by atoms with Gasteiger partial charge >= 0.3 is 0 Å². The highest BCUT2D eigenvalue weighted by atomic mass is 16.3. The first-order valence-corrected chi connectivity index (χ1v) is 50.1. The molecule has 0 aliphatic carbocycles. The largest absolute Gasteiger partial charge is 0.456 e. The van der Waals surface area contributed by atoms with E-state index in [4.69, 9.17) is 58.1 Å². The second-order valence-electron chi connectivity index (χ2n) is 37.4. The lowest BCUT2D eigenvalue weighted by Gasteiger charge is -2.15. The zero-order valence-electron chi connectivity index (χ0n) is 80.6. The quantitative estimate of drug-likeness (QED) is 0.0953. The van der Waals surface area contributed by atoms with Crippen LogP contribution in [0.25, 0.3) is 284 Å². The Morgan fingerprint density at radius 2 is 0.360 bits per heavy atom. The van der Waals surface area contributed by atoms with Crippen molar-refractivity contribution in [2.24, 2.45) is 0 Å². The molecule has 702 valence electrons. The van der Waals surface area contributed by atoms with Gasteiger partial charge in [-0.1, -0.05) is 370 Å². The number of hydrogen-bond donors (Lipinski definition) is 0. The van der Waals surface area contributed by atoms with Crippen molar-refractivity contribution >= 4 is 131 Å². The van der Waals surface area contributed by atoms with Gasteiger partial charge in [-0.25, -0.2) is 34.9 Å². The van der Waals surface area contributed by atoms with E-state index in [1.807, 2.05) is 206 Å². The summed E-state index contributed by atoms with van der Waals surface area (Å²) in [6, 6.07) is 176. The van der Waals surface area contributed by atoms with Gasteiger partial charge in [0.25, 0.3) is 0 Å². The van der Waals surface area contributed by atoms with E-state index < -0.39 is 0 Å². The molecule has 0 spiro atoms. The summed E-state index contributed by atoms with van der Waals surface area (Å²) in [4.78, 5) is 45.5. The van der Waals surface area contributed by atoms with Crippen molar-refractivity contribution in [3.8, 4) is 153 Å². The summed E-state index contributed by atoms with van der Waals surface area (Å²) in [6.45, 7) is 0. The van der Waals surface area contributed by atoms with Crippen LogP contribution in [0.2, 0.25) is 0 Å². The van der Waals surface area contributed by atoms with Crippen molar-refractivity contribution in [3.05, 3.63) is 510 Å². The average molecular weight is 1920 g/mol. The Bertz CT molecular complexity index is 10400. The molecule has 9 aromatic heterocycles. The fourth-order valence-corrected chi connectivity index (χ4v) is 21.3. The zero-order chi connectivity index (χ0) is 99.1.